The van der Waals surface area contributed by atoms with E-state index < -0.39 is 17.5 Å². The van der Waals surface area contributed by atoms with E-state index in [0.29, 0.717) is 6.42 Å². The number of hydrogen-bond acceptors (Lipinski definition) is 4. The van der Waals surface area contributed by atoms with E-state index in [0.717, 1.165) is 19.3 Å². The molecule has 0 amide bonds. The van der Waals surface area contributed by atoms with Gasteiger partial charge >= 0.3 is 41.5 Å². The van der Waals surface area contributed by atoms with E-state index in [-0.39, 0.29) is 31.0 Å². The topological polar surface area (TPSA) is 69.4 Å². The quantitative estimate of drug-likeness (QED) is 0.266. The van der Waals surface area contributed by atoms with Crippen LogP contribution >= 0.6 is 0 Å². The summed E-state index contributed by atoms with van der Waals surface area (Å²) in [4.78, 5) is 22.8. The number of carbonyl (C=O) groups is 2. The molecule has 0 aliphatic carbocycles. The van der Waals surface area contributed by atoms with E-state index in [1.54, 1.807) is 0 Å². The maximum atomic E-state index is 11.4. The molecule has 0 saturated carbocycles. The van der Waals surface area contributed by atoms with Gasteiger partial charge in [0.1, 0.15) is 5.54 Å². The largest absolute Gasteiger partial charge is 1.00 e. The summed E-state index contributed by atoms with van der Waals surface area (Å²) in [5.74, 6) is -1.12. The van der Waals surface area contributed by atoms with Crippen molar-refractivity contribution in [2.24, 2.45) is 5.73 Å². The first-order valence-corrected chi connectivity index (χ1v) is 7.92. The molecule has 0 fully saturated rings. The Hall–Kier alpha value is 0.1000. The van der Waals surface area contributed by atoms with Gasteiger partial charge in [0, 0.05) is 6.42 Å². The Morgan fingerprint density at radius 3 is 1.81 bits per heavy atom. The first kappa shape index (κ1) is 23.4. The van der Waals surface area contributed by atoms with Crippen molar-refractivity contribution in [3.63, 3.8) is 0 Å². The zero-order valence-electron chi connectivity index (χ0n) is 15.4. The molecule has 0 saturated heterocycles. The van der Waals surface area contributed by atoms with Gasteiger partial charge in [0.2, 0.25) is 0 Å². The van der Waals surface area contributed by atoms with Gasteiger partial charge in [0.15, 0.2) is 0 Å². The summed E-state index contributed by atoms with van der Waals surface area (Å²) in [6, 6.07) is 0. The van der Waals surface area contributed by atoms with Gasteiger partial charge in [0.25, 0.3) is 0 Å². The van der Waals surface area contributed by atoms with Crippen LogP contribution in [-0.2, 0) is 14.3 Å². The third kappa shape index (κ3) is 14.8. The fraction of sp³-hybridized carbons (Fsp3) is 0.875. The second kappa shape index (κ2) is 13.7. The standard InChI is InChI=1S/C16H31NO3.Na.H/c1-4-5-6-7-8-9-10-11-12-13-14(18)20-15(19)16(2,3)17;;/h4-13,17H2,1-3H3;;/q;+1;-1. The molecular weight excluding hydrogens is 277 g/mol. The molecule has 0 radical (unpaired) electrons. The Balaban J connectivity index is -0.00000180. The van der Waals surface area contributed by atoms with E-state index in [4.69, 9.17) is 5.73 Å². The average molecular weight is 309 g/mol. The van der Waals surface area contributed by atoms with Crippen molar-refractivity contribution in [1.29, 1.82) is 0 Å². The number of hydrogen-bond donors (Lipinski definition) is 1. The molecule has 0 bridgehead atoms. The molecule has 0 spiro atoms. The van der Waals surface area contributed by atoms with Gasteiger partial charge in [-0.05, 0) is 20.3 Å². The number of ether oxygens (including phenoxy) is 1. The molecule has 0 aromatic heterocycles. The van der Waals surface area contributed by atoms with Gasteiger partial charge in [-0.15, -0.1) is 0 Å². The zero-order chi connectivity index (χ0) is 15.4. The van der Waals surface area contributed by atoms with Crippen molar-refractivity contribution in [3.8, 4) is 0 Å². The second-order valence-corrected chi connectivity index (χ2v) is 6.06. The number of rotatable bonds is 11. The third-order valence-corrected chi connectivity index (χ3v) is 3.22. The fourth-order valence-corrected chi connectivity index (χ4v) is 1.87. The molecule has 5 heteroatoms. The van der Waals surface area contributed by atoms with Crippen molar-refractivity contribution < 1.29 is 45.3 Å². The minimum absolute atomic E-state index is 0. The SMILES string of the molecule is CCCCCCCCCCCC(=O)OC(=O)C(C)(C)N.[H-].[Na+]. The molecule has 0 aliphatic rings. The molecule has 0 aromatic rings. The van der Waals surface area contributed by atoms with Crippen LogP contribution in [0.1, 0.15) is 86.4 Å². The predicted molar refractivity (Wildman–Crippen MR) is 82.3 cm³/mol. The normalized spacial score (nSPS) is 10.9. The zero-order valence-corrected chi connectivity index (χ0v) is 16.4. The van der Waals surface area contributed by atoms with Crippen LogP contribution in [0, 0.1) is 0 Å². The summed E-state index contributed by atoms with van der Waals surface area (Å²) in [5, 5.41) is 0. The maximum Gasteiger partial charge on any atom is 1.00 e. The number of esters is 2. The molecular formula is C16H32NNaO3. The molecule has 0 heterocycles. The van der Waals surface area contributed by atoms with E-state index in [1.807, 2.05) is 0 Å². The monoisotopic (exact) mass is 309 g/mol. The first-order chi connectivity index (χ1) is 9.38. The van der Waals surface area contributed by atoms with E-state index in [1.165, 1.54) is 52.4 Å². The number of unbranched alkanes of at least 4 members (excludes halogenated alkanes) is 8. The molecule has 0 aromatic carbocycles. The molecule has 0 aliphatic heterocycles. The second-order valence-electron chi connectivity index (χ2n) is 6.06. The van der Waals surface area contributed by atoms with Crippen LogP contribution in [0.25, 0.3) is 0 Å². The van der Waals surface area contributed by atoms with Crippen molar-refractivity contribution in [2.75, 3.05) is 0 Å². The Kier molecular flexibility index (Phi) is 15.3. The Morgan fingerprint density at radius 2 is 1.38 bits per heavy atom. The Morgan fingerprint density at radius 1 is 0.952 bits per heavy atom. The first-order valence-electron chi connectivity index (χ1n) is 7.92. The van der Waals surface area contributed by atoms with E-state index >= 15 is 0 Å². The van der Waals surface area contributed by atoms with Gasteiger partial charge in [-0.25, -0.2) is 4.79 Å². The van der Waals surface area contributed by atoms with Crippen molar-refractivity contribution in [1.82, 2.24) is 0 Å². The Bertz CT molecular complexity index is 294. The van der Waals surface area contributed by atoms with Gasteiger partial charge in [-0.1, -0.05) is 58.3 Å². The van der Waals surface area contributed by atoms with E-state index in [2.05, 4.69) is 11.7 Å². The summed E-state index contributed by atoms with van der Waals surface area (Å²) in [6.45, 7) is 5.28. The smallest absolute Gasteiger partial charge is 1.00 e. The third-order valence-electron chi connectivity index (χ3n) is 3.22. The van der Waals surface area contributed by atoms with Crippen LogP contribution in [0.5, 0.6) is 0 Å². The van der Waals surface area contributed by atoms with Gasteiger partial charge in [0.05, 0.1) is 0 Å². The van der Waals surface area contributed by atoms with Crippen LogP contribution in [0.3, 0.4) is 0 Å². The summed E-state index contributed by atoms with van der Waals surface area (Å²) in [5.41, 5.74) is 4.44. The summed E-state index contributed by atoms with van der Waals surface area (Å²) < 4.78 is 4.68. The predicted octanol–water partition coefficient (Wildman–Crippen LogP) is 0.831. The van der Waals surface area contributed by atoms with Gasteiger partial charge in [-0.3, -0.25) is 4.79 Å². The average Bonchev–Trinajstić information content (AvgIpc) is 2.35. The summed E-state index contributed by atoms with van der Waals surface area (Å²) in [7, 11) is 0. The molecule has 120 valence electrons. The van der Waals surface area contributed by atoms with Gasteiger partial charge < -0.3 is 11.9 Å². The number of carbonyl (C=O) groups excluding carboxylic acids is 2. The molecule has 21 heavy (non-hydrogen) atoms. The van der Waals surface area contributed by atoms with Crippen LogP contribution in [0.4, 0.5) is 0 Å². The molecule has 0 rings (SSSR count). The van der Waals surface area contributed by atoms with Crippen molar-refractivity contribution in [3.05, 3.63) is 0 Å². The number of nitrogens with two attached hydrogens (primary N) is 1. The fourth-order valence-electron chi connectivity index (χ4n) is 1.87. The Labute approximate surface area is 153 Å². The van der Waals surface area contributed by atoms with Crippen molar-refractivity contribution in [2.45, 2.75) is 90.5 Å². The van der Waals surface area contributed by atoms with E-state index in [9.17, 15) is 9.59 Å². The minimum atomic E-state index is -1.10. The maximum absolute atomic E-state index is 11.4. The molecule has 2 N–H and O–H groups in total. The van der Waals surface area contributed by atoms with Crippen molar-refractivity contribution >= 4 is 11.9 Å². The van der Waals surface area contributed by atoms with Crippen LogP contribution in [-0.4, -0.2) is 17.5 Å². The summed E-state index contributed by atoms with van der Waals surface area (Å²) >= 11 is 0. The molecule has 0 unspecified atom stereocenters. The van der Waals surface area contributed by atoms with Gasteiger partial charge in [-0.2, -0.15) is 0 Å². The van der Waals surface area contributed by atoms with Crippen LogP contribution in [0.2, 0.25) is 0 Å². The molecule has 4 nitrogen and oxygen atoms in total. The summed E-state index contributed by atoms with van der Waals surface area (Å²) in [6.07, 6.45) is 11.0. The van der Waals surface area contributed by atoms with Crippen LogP contribution in [0.15, 0.2) is 0 Å². The van der Waals surface area contributed by atoms with Crippen LogP contribution < -0.4 is 35.3 Å². The minimum Gasteiger partial charge on any atom is -1.00 e. The molecule has 0 atom stereocenters.